The molecule has 24 aromatic rings. The Hall–Kier alpha value is -17.6. The van der Waals surface area contributed by atoms with Crippen LogP contribution in [0, 0.1) is 78.1 Å². The average Bonchev–Trinajstić information content (AvgIpc) is 1.58. The molecule has 0 fully saturated rings. The third-order valence-corrected chi connectivity index (χ3v) is 28.5. The van der Waals surface area contributed by atoms with Crippen molar-refractivity contribution < 1.29 is 0 Å². The number of benzene rings is 18. The van der Waals surface area contributed by atoms with Gasteiger partial charge >= 0.3 is 0 Å². The summed E-state index contributed by atoms with van der Waals surface area (Å²) in [5, 5.41) is 30.7. The number of rotatable bonds is 15. The van der Waals surface area contributed by atoms with E-state index in [2.05, 4.69) is 438 Å². The summed E-state index contributed by atoms with van der Waals surface area (Å²) in [5.41, 5.74) is 46.1. The van der Waals surface area contributed by atoms with Crippen molar-refractivity contribution >= 4 is 87.2 Å². The van der Waals surface area contributed by atoms with Crippen LogP contribution in [0.4, 0.5) is 0 Å². The summed E-state index contributed by atoms with van der Waals surface area (Å²) in [6, 6.07) is 143. The topological polar surface area (TPSA) is 93.1 Å². The minimum atomic E-state index is 0.550. The van der Waals surface area contributed by atoms with E-state index in [0.717, 1.165) is 227 Å². The highest BCUT2D eigenvalue weighted by atomic mass is 15.1. The minimum Gasteiger partial charge on any atom is -0.307 e. The van der Waals surface area contributed by atoms with Crippen LogP contribution in [0.25, 0.3) is 232 Å². The molecule has 24 rings (SSSR count). The molecule has 18 aromatic carbocycles. The molecular weight excluding hydrogens is 1650 g/mol. The summed E-state index contributed by atoms with van der Waals surface area (Å²) < 4.78 is 9.75. The first-order valence-corrected chi connectivity index (χ1v) is 46.6. The van der Waals surface area contributed by atoms with Gasteiger partial charge in [0.15, 0.2) is 0 Å². The van der Waals surface area contributed by atoms with Crippen LogP contribution in [0.15, 0.2) is 401 Å². The predicted octanol–water partition coefficient (Wildman–Crippen LogP) is 33.4. The second kappa shape index (κ2) is 32.8. The van der Waals surface area contributed by atoms with E-state index < -0.39 is 0 Å². The molecule has 0 amide bonds. The Morgan fingerprint density at radius 1 is 0.184 bits per heavy atom. The highest BCUT2D eigenvalue weighted by molar-refractivity contribution is 6.20. The lowest BCUT2D eigenvalue weighted by atomic mass is 9.90. The van der Waals surface area contributed by atoms with Gasteiger partial charge in [-0.25, -0.2) is 0 Å². The van der Waals surface area contributed by atoms with Gasteiger partial charge in [-0.1, -0.05) is 273 Å². The van der Waals surface area contributed by atoms with Gasteiger partial charge in [0.1, 0.15) is 0 Å². The fourth-order valence-corrected chi connectivity index (χ4v) is 21.9. The Morgan fingerprint density at radius 3 is 0.779 bits per heavy atom. The van der Waals surface area contributed by atoms with Gasteiger partial charge in [0.05, 0.1) is 115 Å². The van der Waals surface area contributed by atoms with Crippen molar-refractivity contribution in [2.45, 2.75) is 55.4 Å². The third kappa shape index (κ3) is 13.5. The van der Waals surface area contributed by atoms with Crippen LogP contribution in [0.1, 0.15) is 55.6 Å². The third-order valence-electron chi connectivity index (χ3n) is 28.5. The molecule has 0 unspecified atom stereocenters. The first kappa shape index (κ1) is 81.7. The number of nitrogens with zero attached hydrogens (tertiary/aromatic N) is 8. The Labute approximate surface area is 789 Å². The van der Waals surface area contributed by atoms with Crippen LogP contribution >= 0.6 is 0 Å². The molecule has 0 spiro atoms. The van der Waals surface area contributed by atoms with E-state index in [9.17, 15) is 10.5 Å². The van der Waals surface area contributed by atoms with Gasteiger partial charge < -0.3 is 18.3 Å². The maximum absolute atomic E-state index is 11.1. The van der Waals surface area contributed by atoms with Gasteiger partial charge in [0, 0.05) is 54.2 Å². The number of fused-ring (bicyclic) bond motifs is 12. The largest absolute Gasteiger partial charge is 0.307 e. The summed E-state index contributed by atoms with van der Waals surface area (Å²) >= 11 is 0. The molecule has 0 aliphatic rings. The summed E-state index contributed by atoms with van der Waals surface area (Å²) in [6.45, 7) is 17.6. The zero-order valence-electron chi connectivity index (χ0n) is 76.7. The van der Waals surface area contributed by atoms with E-state index in [4.69, 9.17) is 9.97 Å². The highest BCUT2D eigenvalue weighted by Gasteiger charge is 2.30. The molecule has 0 atom stereocenters. The van der Waals surface area contributed by atoms with E-state index in [-0.39, 0.29) is 0 Å². The second-order valence-corrected chi connectivity index (χ2v) is 36.6. The lowest BCUT2D eigenvalue weighted by molar-refractivity contribution is 1.09. The molecule has 0 aliphatic carbocycles. The van der Waals surface area contributed by atoms with Crippen molar-refractivity contribution in [2.24, 2.45) is 0 Å². The van der Waals surface area contributed by atoms with Crippen molar-refractivity contribution in [3.63, 3.8) is 0 Å². The summed E-state index contributed by atoms with van der Waals surface area (Å²) in [5.74, 6) is 0. The molecule has 6 heterocycles. The lowest BCUT2D eigenvalue weighted by Gasteiger charge is -2.21. The number of hydrogen-bond acceptors (Lipinski definition) is 4. The fraction of sp³-hybridized carbons (Fsp3) is 0.0625. The van der Waals surface area contributed by atoms with Crippen LogP contribution < -0.4 is 0 Å². The monoisotopic (exact) mass is 1740 g/mol. The summed E-state index contributed by atoms with van der Waals surface area (Å²) in [4.78, 5) is 10.8. The van der Waals surface area contributed by atoms with Crippen molar-refractivity contribution in [2.75, 3.05) is 0 Å². The van der Waals surface area contributed by atoms with Crippen molar-refractivity contribution in [3.05, 3.63) is 457 Å². The molecule has 0 radical (unpaired) electrons. The molecule has 136 heavy (non-hydrogen) atoms. The Bertz CT molecular complexity index is 9050. The quantitative estimate of drug-likeness (QED) is 0.102. The van der Waals surface area contributed by atoms with Crippen molar-refractivity contribution in [1.82, 2.24) is 28.2 Å². The lowest BCUT2D eigenvalue weighted by Crippen LogP contribution is -2.05. The second-order valence-electron chi connectivity index (χ2n) is 36.6. The van der Waals surface area contributed by atoms with Crippen LogP contribution in [0.5, 0.6) is 0 Å². The molecule has 0 bridgehead atoms. The van der Waals surface area contributed by atoms with Gasteiger partial charge in [-0.2, -0.15) is 10.5 Å². The SMILES string of the molecule is Cc1ccccc1-c1ccc2c(c1)c1cc(-c3ccccc3C)ccc1n2-c1cncc(-n2c3ccc(-c4ccccc4C)cc3c3cc(-c4ccc(-c5cc(-c6ccccc6C)cc6c5c5ccc(-c7ccccc7C)cc5n6-c5cncc(-n6c7cc(-c8ccccc8C)ccc7c7ccc(-c8ccccc8C)cc76)c5-c5cccc(C#N)c5)cc4C)ccc32)c1-c1cccc(C#N)c1. The van der Waals surface area contributed by atoms with Crippen molar-refractivity contribution in [3.8, 4) is 157 Å². The van der Waals surface area contributed by atoms with E-state index in [1.807, 2.05) is 48.9 Å². The van der Waals surface area contributed by atoms with Gasteiger partial charge in [-0.05, 0) is 314 Å². The molecule has 8 nitrogen and oxygen atoms in total. The Balaban J connectivity index is 0.731. The van der Waals surface area contributed by atoms with Crippen LogP contribution in [-0.2, 0) is 0 Å². The molecule has 0 N–H and O–H groups in total. The van der Waals surface area contributed by atoms with Gasteiger partial charge in [-0.15, -0.1) is 0 Å². The molecule has 0 saturated heterocycles. The smallest absolute Gasteiger partial charge is 0.0991 e. The standard InChI is InChI=1S/C128H90N8/c1-77-25-9-16-36-98(77)88-47-55-114-110(62-88)111-63-89(99-37-17-10-26-78(99)2)48-56-115(111)133(114)122-73-131-74-123(126(122)95-34-23-32-85(60-95)71-129)134-116-57-49-90(100-38-18-11-27-79(100)3)64-112(116)113-65-91(50-58-117(113)134)105-51-43-87(59-84(105)8)109-66-97(104-42-22-15-31-83(104)7)70-121-128(109)108-54-46-94(103-41-21-14-30-82(103)6)69-120(108)136(121)125-76-132-75-124(127(125)96-35-24-33-86(61-96)72-130)135-118-67-92(101-39-19-12-28-80(101)4)44-52-106(118)107-53-45-93(68-119(107)135)102-40-20-13-29-81(102)5/h9-70,73-76H,1-8H3. The van der Waals surface area contributed by atoms with Crippen LogP contribution in [0.2, 0.25) is 0 Å². The first-order valence-electron chi connectivity index (χ1n) is 46.6. The van der Waals surface area contributed by atoms with E-state index in [1.54, 1.807) is 0 Å². The Kier molecular flexibility index (Phi) is 19.7. The first-order chi connectivity index (χ1) is 66.7. The molecular formula is C128H90N8. The minimum absolute atomic E-state index is 0.550. The number of aromatic nitrogens is 6. The molecule has 8 heteroatoms. The fourth-order valence-electron chi connectivity index (χ4n) is 21.9. The predicted molar refractivity (Wildman–Crippen MR) is 567 cm³/mol. The zero-order valence-corrected chi connectivity index (χ0v) is 76.7. The van der Waals surface area contributed by atoms with E-state index in [0.29, 0.717) is 11.1 Å². The average molecular weight is 1740 g/mol. The van der Waals surface area contributed by atoms with E-state index >= 15 is 0 Å². The molecule has 6 aromatic heterocycles. The molecule has 0 saturated carbocycles. The number of pyridine rings is 2. The Morgan fingerprint density at radius 2 is 0.449 bits per heavy atom. The summed E-state index contributed by atoms with van der Waals surface area (Å²) in [7, 11) is 0. The molecule has 0 aliphatic heterocycles. The van der Waals surface area contributed by atoms with Crippen molar-refractivity contribution in [1.29, 1.82) is 10.5 Å². The van der Waals surface area contributed by atoms with Crippen LogP contribution in [0.3, 0.4) is 0 Å². The van der Waals surface area contributed by atoms with Gasteiger partial charge in [-0.3, -0.25) is 9.97 Å². The highest BCUT2D eigenvalue weighted by Crippen LogP contribution is 2.51. The van der Waals surface area contributed by atoms with E-state index in [1.165, 1.54) is 50.1 Å². The van der Waals surface area contributed by atoms with Gasteiger partial charge in [0.2, 0.25) is 0 Å². The maximum Gasteiger partial charge on any atom is 0.0991 e. The zero-order chi connectivity index (χ0) is 91.8. The molecule has 642 valence electrons. The number of nitriles is 2. The van der Waals surface area contributed by atoms with Gasteiger partial charge in [0.25, 0.3) is 0 Å². The summed E-state index contributed by atoms with van der Waals surface area (Å²) in [6.07, 6.45) is 8.13. The number of aryl methyl sites for hydroxylation is 8. The van der Waals surface area contributed by atoms with Crippen LogP contribution in [-0.4, -0.2) is 28.2 Å². The number of hydrogen-bond donors (Lipinski definition) is 0. The normalized spacial score (nSPS) is 11.7. The maximum atomic E-state index is 11.1.